The average molecular weight is 506 g/mol. The fraction of sp³-hybridized carbons (Fsp3) is 0.320. The molecule has 1 atom stereocenters. The summed E-state index contributed by atoms with van der Waals surface area (Å²) >= 11 is 0.993. The second kappa shape index (κ2) is 10.7. The summed E-state index contributed by atoms with van der Waals surface area (Å²) in [6.45, 7) is 1.04. The van der Waals surface area contributed by atoms with Crippen LogP contribution in [0.5, 0.6) is 5.75 Å². The number of hydrogen-bond donors (Lipinski definition) is 3. The number of hydrogen-bond acceptors (Lipinski definition) is 7. The summed E-state index contributed by atoms with van der Waals surface area (Å²) in [6, 6.07) is 9.38. The van der Waals surface area contributed by atoms with E-state index in [0.29, 0.717) is 24.5 Å². The summed E-state index contributed by atoms with van der Waals surface area (Å²) < 4.78 is 9.23. The Bertz CT molecular complexity index is 1350. The number of amides is 3. The van der Waals surface area contributed by atoms with Gasteiger partial charge in [0.05, 0.1) is 13.2 Å². The van der Waals surface area contributed by atoms with E-state index in [0.717, 1.165) is 58.6 Å². The Morgan fingerprint density at radius 1 is 1.28 bits per heavy atom. The number of ether oxygens (including phenoxy) is 1. The van der Waals surface area contributed by atoms with E-state index in [-0.39, 0.29) is 23.7 Å². The minimum absolute atomic E-state index is 0.0552. The number of carbonyl (C=O) groups excluding carboxylic acids is 2. The highest BCUT2D eigenvalue weighted by atomic mass is 32.1. The summed E-state index contributed by atoms with van der Waals surface area (Å²) in [5.74, 6) is 0.403. The van der Waals surface area contributed by atoms with Crippen LogP contribution in [-0.4, -0.2) is 56.6 Å². The highest BCUT2D eigenvalue weighted by Crippen LogP contribution is 2.31. The van der Waals surface area contributed by atoms with Crippen LogP contribution in [0, 0.1) is 0 Å². The topological polar surface area (TPSA) is 125 Å². The number of anilines is 1. The molecular formula is C25H27N7O3S. The Morgan fingerprint density at radius 2 is 2.19 bits per heavy atom. The molecular weight excluding hydrogens is 478 g/mol. The van der Waals surface area contributed by atoms with Gasteiger partial charge in [0.1, 0.15) is 5.75 Å². The summed E-state index contributed by atoms with van der Waals surface area (Å²) in [5.41, 5.74) is 3.19. The molecule has 186 valence electrons. The third-order valence-corrected chi connectivity index (χ3v) is 7.05. The first-order valence-electron chi connectivity index (χ1n) is 11.9. The third kappa shape index (κ3) is 5.01. The quantitative estimate of drug-likeness (QED) is 0.346. The summed E-state index contributed by atoms with van der Waals surface area (Å²) in [5, 5.41) is 11.1. The molecule has 0 radical (unpaired) electrons. The van der Waals surface area contributed by atoms with Crippen molar-refractivity contribution in [2.45, 2.75) is 31.7 Å². The number of urea groups is 1. The van der Waals surface area contributed by atoms with E-state index in [1.807, 2.05) is 36.5 Å². The molecule has 0 saturated carbocycles. The van der Waals surface area contributed by atoms with Crippen LogP contribution in [0.25, 0.3) is 10.9 Å². The molecule has 3 N–H and O–H groups in total. The minimum Gasteiger partial charge on any atom is -0.497 e. The number of aromatic nitrogens is 4. The molecule has 10 nitrogen and oxygen atoms in total. The Kier molecular flexibility index (Phi) is 7.08. The van der Waals surface area contributed by atoms with Crippen molar-refractivity contribution in [1.82, 2.24) is 29.8 Å². The maximum absolute atomic E-state index is 13.2. The van der Waals surface area contributed by atoms with E-state index in [4.69, 9.17) is 4.74 Å². The van der Waals surface area contributed by atoms with E-state index < -0.39 is 0 Å². The SMILES string of the molecule is COc1ccc2[nH]cc(CCNC(=O)c3nnsc3NC(=O)N3CCCC[C@H]3c3cccnc3)c2c1. The molecule has 4 heterocycles. The number of rotatable bonds is 7. The van der Waals surface area contributed by atoms with Gasteiger partial charge in [-0.05, 0) is 61.1 Å². The largest absolute Gasteiger partial charge is 0.497 e. The van der Waals surface area contributed by atoms with Gasteiger partial charge in [0.2, 0.25) is 0 Å². The lowest BCUT2D eigenvalue weighted by Crippen LogP contribution is -2.41. The van der Waals surface area contributed by atoms with Crippen LogP contribution in [0.1, 0.15) is 46.9 Å². The highest BCUT2D eigenvalue weighted by molar-refractivity contribution is 7.10. The number of aromatic amines is 1. The molecule has 1 fully saturated rings. The Morgan fingerprint density at radius 3 is 3.03 bits per heavy atom. The van der Waals surface area contributed by atoms with Gasteiger partial charge in [0.15, 0.2) is 10.7 Å². The highest BCUT2D eigenvalue weighted by Gasteiger charge is 2.29. The molecule has 4 aromatic rings. The normalized spacial score (nSPS) is 15.6. The standard InChI is InChI=1S/C25H27N7O3S/c1-35-18-7-8-20-19(13-18)16(15-28-20)9-11-27-23(33)22-24(36-31-30-22)29-25(34)32-12-3-2-6-21(32)17-5-4-10-26-14-17/h4-5,7-8,10,13-15,21,28H,2-3,6,9,11-12H2,1H3,(H,27,33)(H,29,34)/t21-/m0/s1. The smallest absolute Gasteiger partial charge is 0.323 e. The fourth-order valence-electron chi connectivity index (χ4n) is 4.57. The second-order valence-electron chi connectivity index (χ2n) is 8.60. The summed E-state index contributed by atoms with van der Waals surface area (Å²) in [7, 11) is 1.64. The predicted molar refractivity (Wildman–Crippen MR) is 137 cm³/mol. The third-order valence-electron chi connectivity index (χ3n) is 6.41. The van der Waals surface area contributed by atoms with Crippen LogP contribution < -0.4 is 15.4 Å². The lowest BCUT2D eigenvalue weighted by molar-refractivity contribution is 0.0950. The van der Waals surface area contributed by atoms with Crippen molar-refractivity contribution >= 4 is 39.4 Å². The zero-order valence-corrected chi connectivity index (χ0v) is 20.7. The fourth-order valence-corrected chi connectivity index (χ4v) is 5.13. The van der Waals surface area contributed by atoms with Crippen molar-refractivity contribution < 1.29 is 14.3 Å². The van der Waals surface area contributed by atoms with Gasteiger partial charge in [-0.2, -0.15) is 0 Å². The van der Waals surface area contributed by atoms with Crippen LogP contribution in [-0.2, 0) is 6.42 Å². The number of piperidine rings is 1. The van der Waals surface area contributed by atoms with Gasteiger partial charge in [-0.3, -0.25) is 15.1 Å². The minimum atomic E-state index is -0.376. The maximum Gasteiger partial charge on any atom is 0.323 e. The van der Waals surface area contributed by atoms with E-state index in [1.165, 1.54) is 0 Å². The van der Waals surface area contributed by atoms with E-state index in [1.54, 1.807) is 24.4 Å². The van der Waals surface area contributed by atoms with Crippen LogP contribution in [0.15, 0.2) is 48.9 Å². The molecule has 36 heavy (non-hydrogen) atoms. The number of nitrogens with one attached hydrogen (secondary N) is 3. The molecule has 1 aromatic carbocycles. The molecule has 0 bridgehead atoms. The zero-order chi connectivity index (χ0) is 24.9. The maximum atomic E-state index is 13.2. The predicted octanol–water partition coefficient (Wildman–Crippen LogP) is 4.15. The number of H-pyrrole nitrogens is 1. The van der Waals surface area contributed by atoms with E-state index in [9.17, 15) is 9.59 Å². The molecule has 3 amide bonds. The number of carbonyl (C=O) groups is 2. The van der Waals surface area contributed by atoms with Crippen molar-refractivity contribution in [3.05, 3.63) is 65.7 Å². The van der Waals surface area contributed by atoms with Crippen LogP contribution >= 0.6 is 11.5 Å². The molecule has 5 rings (SSSR count). The molecule has 3 aromatic heterocycles. The Balaban J connectivity index is 1.22. The summed E-state index contributed by atoms with van der Waals surface area (Å²) in [6.07, 6.45) is 8.92. The van der Waals surface area contributed by atoms with Gasteiger partial charge in [-0.25, -0.2) is 4.79 Å². The summed E-state index contributed by atoms with van der Waals surface area (Å²) in [4.78, 5) is 35.3. The lowest BCUT2D eigenvalue weighted by atomic mass is 9.97. The first kappa shape index (κ1) is 23.7. The van der Waals surface area contributed by atoms with Gasteiger partial charge < -0.3 is 19.9 Å². The number of nitrogens with zero attached hydrogens (tertiary/aromatic N) is 4. The molecule has 1 aliphatic heterocycles. The van der Waals surface area contributed by atoms with E-state index in [2.05, 4.69) is 30.2 Å². The van der Waals surface area contributed by atoms with Gasteiger partial charge in [0.25, 0.3) is 5.91 Å². The number of likely N-dealkylation sites (tertiary alicyclic amines) is 1. The molecule has 0 spiro atoms. The van der Waals surface area contributed by atoms with Crippen LogP contribution in [0.2, 0.25) is 0 Å². The Hall–Kier alpha value is -3.99. The van der Waals surface area contributed by atoms with Gasteiger partial charge >= 0.3 is 6.03 Å². The number of fused-ring (bicyclic) bond motifs is 1. The van der Waals surface area contributed by atoms with Crippen LogP contribution in [0.3, 0.4) is 0 Å². The monoisotopic (exact) mass is 505 g/mol. The van der Waals surface area contributed by atoms with E-state index >= 15 is 0 Å². The number of methoxy groups -OCH3 is 1. The van der Waals surface area contributed by atoms with Crippen molar-refractivity contribution in [2.24, 2.45) is 0 Å². The van der Waals surface area contributed by atoms with Crippen molar-refractivity contribution in [3.63, 3.8) is 0 Å². The molecule has 1 saturated heterocycles. The number of benzene rings is 1. The molecule has 1 aliphatic rings. The van der Waals surface area contributed by atoms with Gasteiger partial charge in [-0.15, -0.1) is 5.10 Å². The average Bonchev–Trinajstić information content (AvgIpc) is 3.55. The van der Waals surface area contributed by atoms with Crippen LogP contribution in [0.4, 0.5) is 9.80 Å². The zero-order valence-electron chi connectivity index (χ0n) is 19.9. The van der Waals surface area contributed by atoms with Crippen molar-refractivity contribution in [1.29, 1.82) is 0 Å². The lowest BCUT2D eigenvalue weighted by Gasteiger charge is -2.35. The second-order valence-corrected chi connectivity index (χ2v) is 9.36. The molecule has 0 unspecified atom stereocenters. The molecule has 0 aliphatic carbocycles. The molecule has 11 heteroatoms. The first-order chi connectivity index (χ1) is 17.6. The van der Waals surface area contributed by atoms with Gasteiger partial charge in [0, 0.05) is 54.1 Å². The number of pyridine rings is 1. The van der Waals surface area contributed by atoms with Crippen molar-refractivity contribution in [3.8, 4) is 5.75 Å². The first-order valence-corrected chi connectivity index (χ1v) is 12.6. The van der Waals surface area contributed by atoms with Gasteiger partial charge in [-0.1, -0.05) is 10.6 Å². The van der Waals surface area contributed by atoms with Crippen molar-refractivity contribution in [2.75, 3.05) is 25.5 Å². The Labute approximate surface area is 212 Å².